The molecule has 0 fully saturated rings. The van der Waals surface area contributed by atoms with Crippen LogP contribution in [0, 0.1) is 11.6 Å². The molecule has 0 spiro atoms. The Kier molecular flexibility index (Phi) is 5.10. The Balaban J connectivity index is 1.94. The van der Waals surface area contributed by atoms with Crippen LogP contribution in [0.2, 0.25) is 5.02 Å². The van der Waals surface area contributed by atoms with Crippen LogP contribution in [-0.4, -0.2) is 6.04 Å². The fraction of sp³-hybridized carbons (Fsp3) is 0.250. The number of benzene rings is 2. The van der Waals surface area contributed by atoms with Gasteiger partial charge in [0.05, 0.1) is 0 Å². The molecule has 0 radical (unpaired) electrons. The molecule has 0 bridgehead atoms. The Morgan fingerprint density at radius 2 is 1.75 bits per heavy atom. The molecule has 0 saturated carbocycles. The van der Waals surface area contributed by atoms with Crippen LogP contribution in [0.1, 0.15) is 18.1 Å². The van der Waals surface area contributed by atoms with Crippen LogP contribution in [0.4, 0.5) is 8.78 Å². The second-order valence-corrected chi connectivity index (χ2v) is 5.25. The summed E-state index contributed by atoms with van der Waals surface area (Å²) in [7, 11) is 0. The minimum absolute atomic E-state index is 0.0413. The average molecular weight is 296 g/mol. The second kappa shape index (κ2) is 6.82. The van der Waals surface area contributed by atoms with Crippen LogP contribution >= 0.6 is 11.6 Å². The highest BCUT2D eigenvalue weighted by molar-refractivity contribution is 6.30. The molecule has 0 aliphatic carbocycles. The minimum atomic E-state index is -0.499. The SMILES string of the molecule is CC(Cc1c(F)cccc1F)NCc1cccc(Cl)c1. The largest absolute Gasteiger partial charge is 0.310 e. The second-order valence-electron chi connectivity index (χ2n) is 4.82. The lowest BCUT2D eigenvalue weighted by Crippen LogP contribution is -2.28. The highest BCUT2D eigenvalue weighted by Gasteiger charge is 2.12. The van der Waals surface area contributed by atoms with E-state index >= 15 is 0 Å². The van der Waals surface area contributed by atoms with Crippen LogP contribution in [-0.2, 0) is 13.0 Å². The van der Waals surface area contributed by atoms with E-state index in [1.807, 2.05) is 31.2 Å². The van der Waals surface area contributed by atoms with E-state index in [1.165, 1.54) is 18.2 Å². The van der Waals surface area contributed by atoms with E-state index in [9.17, 15) is 8.78 Å². The Hall–Kier alpha value is -1.45. The summed E-state index contributed by atoms with van der Waals surface area (Å²) >= 11 is 5.90. The summed E-state index contributed by atoms with van der Waals surface area (Å²) < 4.78 is 27.1. The van der Waals surface area contributed by atoms with Gasteiger partial charge in [0.1, 0.15) is 11.6 Å². The quantitative estimate of drug-likeness (QED) is 0.865. The van der Waals surface area contributed by atoms with Crippen LogP contribution in [0.3, 0.4) is 0 Å². The maximum atomic E-state index is 13.5. The van der Waals surface area contributed by atoms with Crippen LogP contribution < -0.4 is 5.32 Å². The number of halogens is 3. The van der Waals surface area contributed by atoms with Gasteiger partial charge in [0.2, 0.25) is 0 Å². The molecule has 2 aromatic rings. The van der Waals surface area contributed by atoms with E-state index in [-0.39, 0.29) is 11.6 Å². The van der Waals surface area contributed by atoms with Crippen LogP contribution in [0.15, 0.2) is 42.5 Å². The van der Waals surface area contributed by atoms with Crippen molar-refractivity contribution in [2.45, 2.75) is 25.9 Å². The first-order valence-electron chi connectivity index (χ1n) is 6.47. The zero-order valence-electron chi connectivity index (χ0n) is 11.2. The van der Waals surface area contributed by atoms with Gasteiger partial charge in [-0.25, -0.2) is 8.78 Å². The molecule has 20 heavy (non-hydrogen) atoms. The van der Waals surface area contributed by atoms with E-state index in [4.69, 9.17) is 11.6 Å². The standard InChI is InChI=1S/C16H16ClF2N/c1-11(8-14-15(18)6-3-7-16(14)19)20-10-12-4-2-5-13(17)9-12/h2-7,9,11,20H,8,10H2,1H3. The summed E-state index contributed by atoms with van der Waals surface area (Å²) in [6.45, 7) is 2.51. The van der Waals surface area contributed by atoms with Gasteiger partial charge in [-0.05, 0) is 43.2 Å². The topological polar surface area (TPSA) is 12.0 Å². The molecule has 1 nitrogen and oxygen atoms in total. The first-order valence-corrected chi connectivity index (χ1v) is 6.85. The first-order chi connectivity index (χ1) is 9.56. The molecule has 2 rings (SSSR count). The van der Waals surface area contributed by atoms with Gasteiger partial charge >= 0.3 is 0 Å². The normalized spacial score (nSPS) is 12.4. The molecule has 1 atom stereocenters. The summed E-state index contributed by atoms with van der Waals surface area (Å²) in [6, 6.07) is 11.4. The fourth-order valence-electron chi connectivity index (χ4n) is 2.04. The van der Waals surface area contributed by atoms with E-state index in [0.717, 1.165) is 5.56 Å². The van der Waals surface area contributed by atoms with Crippen molar-refractivity contribution < 1.29 is 8.78 Å². The Morgan fingerprint density at radius 3 is 2.40 bits per heavy atom. The summed E-state index contributed by atoms with van der Waals surface area (Å²) in [6.07, 6.45) is 0.305. The predicted octanol–water partition coefficient (Wildman–Crippen LogP) is 4.34. The molecule has 0 aromatic heterocycles. The Morgan fingerprint density at radius 1 is 1.10 bits per heavy atom. The predicted molar refractivity (Wildman–Crippen MR) is 77.8 cm³/mol. The smallest absolute Gasteiger partial charge is 0.129 e. The maximum Gasteiger partial charge on any atom is 0.129 e. The lowest BCUT2D eigenvalue weighted by Gasteiger charge is -2.15. The van der Waals surface area contributed by atoms with Crippen molar-refractivity contribution in [3.8, 4) is 0 Å². The zero-order chi connectivity index (χ0) is 14.5. The van der Waals surface area contributed by atoms with Crippen molar-refractivity contribution in [3.63, 3.8) is 0 Å². The van der Waals surface area contributed by atoms with Gasteiger partial charge in [-0.2, -0.15) is 0 Å². The van der Waals surface area contributed by atoms with Crippen LogP contribution in [0.5, 0.6) is 0 Å². The molecule has 2 aromatic carbocycles. The van der Waals surface area contributed by atoms with E-state index in [2.05, 4.69) is 5.32 Å². The van der Waals surface area contributed by atoms with Gasteiger partial charge in [-0.3, -0.25) is 0 Å². The van der Waals surface area contributed by atoms with Crippen molar-refractivity contribution in [1.82, 2.24) is 5.32 Å². The van der Waals surface area contributed by atoms with Crippen molar-refractivity contribution in [2.24, 2.45) is 0 Å². The monoisotopic (exact) mass is 295 g/mol. The number of hydrogen-bond acceptors (Lipinski definition) is 1. The molecule has 4 heteroatoms. The fourth-order valence-corrected chi connectivity index (χ4v) is 2.26. The van der Waals surface area contributed by atoms with E-state index in [0.29, 0.717) is 18.0 Å². The van der Waals surface area contributed by atoms with Gasteiger partial charge in [0, 0.05) is 23.2 Å². The molecule has 0 aliphatic rings. The summed E-state index contributed by atoms with van der Waals surface area (Å²) in [4.78, 5) is 0. The molecular weight excluding hydrogens is 280 g/mol. The lowest BCUT2D eigenvalue weighted by molar-refractivity contribution is 0.499. The summed E-state index contributed by atoms with van der Waals surface area (Å²) in [5.41, 5.74) is 1.16. The lowest BCUT2D eigenvalue weighted by atomic mass is 10.1. The molecular formula is C16H16ClF2N. The van der Waals surface area contributed by atoms with E-state index < -0.39 is 11.6 Å². The summed E-state index contributed by atoms with van der Waals surface area (Å²) in [5, 5.41) is 3.91. The van der Waals surface area contributed by atoms with Gasteiger partial charge in [0.25, 0.3) is 0 Å². The van der Waals surface area contributed by atoms with Crippen molar-refractivity contribution in [1.29, 1.82) is 0 Å². The minimum Gasteiger partial charge on any atom is -0.310 e. The van der Waals surface area contributed by atoms with Gasteiger partial charge in [0.15, 0.2) is 0 Å². The van der Waals surface area contributed by atoms with Gasteiger partial charge < -0.3 is 5.32 Å². The highest BCUT2D eigenvalue weighted by atomic mass is 35.5. The highest BCUT2D eigenvalue weighted by Crippen LogP contribution is 2.15. The molecule has 0 heterocycles. The van der Waals surface area contributed by atoms with Crippen molar-refractivity contribution >= 4 is 11.6 Å². The molecule has 0 amide bonds. The average Bonchev–Trinajstić information content (AvgIpc) is 2.41. The third kappa shape index (κ3) is 4.02. The number of hydrogen-bond donors (Lipinski definition) is 1. The number of nitrogens with one attached hydrogen (secondary N) is 1. The van der Waals surface area contributed by atoms with Gasteiger partial charge in [-0.1, -0.05) is 29.8 Å². The zero-order valence-corrected chi connectivity index (χ0v) is 11.9. The molecule has 0 aliphatic heterocycles. The number of rotatable bonds is 5. The Labute approximate surface area is 122 Å². The first kappa shape index (κ1) is 14.9. The Bertz CT molecular complexity index is 566. The van der Waals surface area contributed by atoms with Gasteiger partial charge in [-0.15, -0.1) is 0 Å². The maximum absolute atomic E-state index is 13.5. The third-order valence-electron chi connectivity index (χ3n) is 3.12. The molecule has 1 N–H and O–H groups in total. The summed E-state index contributed by atoms with van der Waals surface area (Å²) in [5.74, 6) is -0.997. The van der Waals surface area contributed by atoms with E-state index in [1.54, 1.807) is 0 Å². The van der Waals surface area contributed by atoms with Crippen LogP contribution in [0.25, 0.3) is 0 Å². The van der Waals surface area contributed by atoms with Crippen molar-refractivity contribution in [2.75, 3.05) is 0 Å². The van der Waals surface area contributed by atoms with Crippen molar-refractivity contribution in [3.05, 3.63) is 70.2 Å². The molecule has 0 saturated heterocycles. The molecule has 1 unspecified atom stereocenters. The molecule has 106 valence electrons. The third-order valence-corrected chi connectivity index (χ3v) is 3.35.